The van der Waals surface area contributed by atoms with Crippen LogP contribution in [0.25, 0.3) is 0 Å². The van der Waals surface area contributed by atoms with Gasteiger partial charge in [-0.2, -0.15) is 0 Å². The fourth-order valence-electron chi connectivity index (χ4n) is 4.08. The first kappa shape index (κ1) is 21.1. The van der Waals surface area contributed by atoms with E-state index in [1.54, 1.807) is 17.3 Å². The predicted octanol–water partition coefficient (Wildman–Crippen LogP) is 0.931. The Morgan fingerprint density at radius 2 is 1.72 bits per heavy atom. The maximum atomic E-state index is 12.8. The Kier molecular flexibility index (Phi) is 7.43. The van der Waals surface area contributed by atoms with E-state index in [9.17, 15) is 14.4 Å². The molecule has 2 N–H and O–H groups in total. The summed E-state index contributed by atoms with van der Waals surface area (Å²) in [4.78, 5) is 45.1. The van der Waals surface area contributed by atoms with Crippen LogP contribution in [0.1, 0.15) is 39.0 Å². The Labute approximate surface area is 172 Å². The van der Waals surface area contributed by atoms with Gasteiger partial charge in [0.1, 0.15) is 6.04 Å². The lowest BCUT2D eigenvalue weighted by molar-refractivity contribution is -0.137. The van der Waals surface area contributed by atoms with E-state index >= 15 is 0 Å². The summed E-state index contributed by atoms with van der Waals surface area (Å²) in [6, 6.07) is 3.25. The van der Waals surface area contributed by atoms with Crippen LogP contribution >= 0.6 is 0 Å². The predicted molar refractivity (Wildman–Crippen MR) is 110 cm³/mol. The summed E-state index contributed by atoms with van der Waals surface area (Å²) in [5.41, 5.74) is 1.12. The molecule has 8 heteroatoms. The monoisotopic (exact) mass is 401 g/mol. The van der Waals surface area contributed by atoms with E-state index in [2.05, 4.69) is 20.5 Å². The molecule has 0 aromatic carbocycles. The number of hydrogen-bond donors (Lipinski definition) is 2. The summed E-state index contributed by atoms with van der Waals surface area (Å²) in [7, 11) is 0. The highest BCUT2D eigenvalue weighted by Gasteiger charge is 2.29. The summed E-state index contributed by atoms with van der Waals surface area (Å²) in [5.74, 6) is -0.481. The van der Waals surface area contributed by atoms with Crippen molar-refractivity contribution in [3.8, 4) is 0 Å². The van der Waals surface area contributed by atoms with E-state index in [1.165, 1.54) is 6.92 Å². The minimum absolute atomic E-state index is 0.0406. The minimum atomic E-state index is -0.702. The second-order valence-electron chi connectivity index (χ2n) is 7.85. The molecule has 3 rings (SSSR count). The number of rotatable bonds is 6. The van der Waals surface area contributed by atoms with Crippen molar-refractivity contribution in [3.63, 3.8) is 0 Å². The molecule has 0 spiro atoms. The zero-order valence-corrected chi connectivity index (χ0v) is 17.1. The van der Waals surface area contributed by atoms with E-state index in [0.717, 1.165) is 64.0 Å². The van der Waals surface area contributed by atoms with Gasteiger partial charge < -0.3 is 20.4 Å². The van der Waals surface area contributed by atoms with Crippen molar-refractivity contribution in [2.45, 2.75) is 45.1 Å². The SMILES string of the molecule is CC(=O)NC(CNC(=O)C1CCN(c2ccncc2)CC1)C(=O)N1CCCCC1. The van der Waals surface area contributed by atoms with Crippen LogP contribution in [0, 0.1) is 5.92 Å². The minimum Gasteiger partial charge on any atom is -0.371 e. The van der Waals surface area contributed by atoms with Crippen LogP contribution in [0.3, 0.4) is 0 Å². The zero-order chi connectivity index (χ0) is 20.6. The first-order chi connectivity index (χ1) is 14.0. The smallest absolute Gasteiger partial charge is 0.246 e. The van der Waals surface area contributed by atoms with Gasteiger partial charge in [-0.1, -0.05) is 0 Å². The molecule has 1 aromatic rings. The zero-order valence-electron chi connectivity index (χ0n) is 17.1. The number of nitrogens with one attached hydrogen (secondary N) is 2. The summed E-state index contributed by atoms with van der Waals surface area (Å²) in [6.07, 6.45) is 8.18. The Balaban J connectivity index is 1.49. The normalized spacial score (nSPS) is 18.8. The molecule has 3 amide bonds. The van der Waals surface area contributed by atoms with Crippen LogP contribution in [0.4, 0.5) is 5.69 Å². The Bertz CT molecular complexity index is 698. The molecule has 3 heterocycles. The number of pyridine rings is 1. The van der Waals surface area contributed by atoms with Gasteiger partial charge in [-0.15, -0.1) is 0 Å². The average molecular weight is 402 g/mol. The van der Waals surface area contributed by atoms with Gasteiger partial charge in [-0.25, -0.2) is 0 Å². The van der Waals surface area contributed by atoms with Gasteiger partial charge in [-0.05, 0) is 44.2 Å². The van der Waals surface area contributed by atoms with Crippen molar-refractivity contribution in [2.75, 3.05) is 37.6 Å². The van der Waals surface area contributed by atoms with Crippen LogP contribution in [0.15, 0.2) is 24.5 Å². The Hall–Kier alpha value is -2.64. The molecular weight excluding hydrogens is 370 g/mol. The molecule has 2 fully saturated rings. The summed E-state index contributed by atoms with van der Waals surface area (Å²) in [5, 5.41) is 5.61. The molecule has 2 saturated heterocycles. The first-order valence-corrected chi connectivity index (χ1v) is 10.5. The summed E-state index contributed by atoms with van der Waals surface area (Å²) < 4.78 is 0. The molecule has 1 atom stereocenters. The lowest BCUT2D eigenvalue weighted by Gasteiger charge is -2.33. The molecule has 29 heavy (non-hydrogen) atoms. The highest BCUT2D eigenvalue weighted by Crippen LogP contribution is 2.22. The number of piperidine rings is 2. The number of carbonyl (C=O) groups is 3. The third kappa shape index (κ3) is 5.92. The largest absolute Gasteiger partial charge is 0.371 e. The standard InChI is InChI=1S/C21H31N5O3/c1-16(27)24-19(21(29)26-11-3-2-4-12-26)15-23-20(28)17-7-13-25(14-8-17)18-5-9-22-10-6-18/h5-6,9-10,17,19H,2-4,7-8,11-15H2,1H3,(H,23,28)(H,24,27). The summed E-state index contributed by atoms with van der Waals surface area (Å²) in [6.45, 7) is 4.59. The number of hydrogen-bond acceptors (Lipinski definition) is 5. The van der Waals surface area contributed by atoms with Crippen molar-refractivity contribution in [1.29, 1.82) is 0 Å². The van der Waals surface area contributed by atoms with Crippen molar-refractivity contribution < 1.29 is 14.4 Å². The first-order valence-electron chi connectivity index (χ1n) is 10.5. The molecular formula is C21H31N5O3. The van der Waals surface area contributed by atoms with Crippen LogP contribution in [-0.2, 0) is 14.4 Å². The maximum Gasteiger partial charge on any atom is 0.246 e. The molecule has 2 aliphatic heterocycles. The van der Waals surface area contributed by atoms with Gasteiger partial charge >= 0.3 is 0 Å². The van der Waals surface area contributed by atoms with E-state index in [-0.39, 0.29) is 30.2 Å². The number of aromatic nitrogens is 1. The molecule has 0 saturated carbocycles. The topological polar surface area (TPSA) is 94.6 Å². The van der Waals surface area contributed by atoms with Gasteiger partial charge in [0.25, 0.3) is 0 Å². The van der Waals surface area contributed by atoms with Crippen molar-refractivity contribution in [1.82, 2.24) is 20.5 Å². The second kappa shape index (κ2) is 10.2. The molecule has 0 radical (unpaired) electrons. The van der Waals surface area contributed by atoms with E-state index < -0.39 is 6.04 Å². The molecule has 8 nitrogen and oxygen atoms in total. The quantitative estimate of drug-likeness (QED) is 0.740. The van der Waals surface area contributed by atoms with Crippen LogP contribution in [0.2, 0.25) is 0 Å². The molecule has 158 valence electrons. The molecule has 0 aliphatic carbocycles. The molecule has 1 aromatic heterocycles. The molecule has 1 unspecified atom stereocenters. The third-order valence-electron chi connectivity index (χ3n) is 5.72. The van der Waals surface area contributed by atoms with Crippen molar-refractivity contribution in [3.05, 3.63) is 24.5 Å². The lowest BCUT2D eigenvalue weighted by Crippen LogP contribution is -2.55. The molecule has 0 bridgehead atoms. The highest BCUT2D eigenvalue weighted by molar-refractivity contribution is 5.88. The average Bonchev–Trinajstić information content (AvgIpc) is 2.77. The van der Waals surface area contributed by atoms with Crippen LogP contribution in [0.5, 0.6) is 0 Å². The fourth-order valence-corrected chi connectivity index (χ4v) is 4.08. The van der Waals surface area contributed by atoms with Crippen molar-refractivity contribution in [2.24, 2.45) is 5.92 Å². The molecule has 2 aliphatic rings. The fraction of sp³-hybridized carbons (Fsp3) is 0.619. The number of carbonyl (C=O) groups excluding carboxylic acids is 3. The summed E-state index contributed by atoms with van der Waals surface area (Å²) >= 11 is 0. The number of likely N-dealkylation sites (tertiary alicyclic amines) is 1. The van der Waals surface area contributed by atoms with E-state index in [0.29, 0.717) is 0 Å². The van der Waals surface area contributed by atoms with Gasteiger partial charge in [0.05, 0.1) is 0 Å². The second-order valence-corrected chi connectivity index (χ2v) is 7.85. The van der Waals surface area contributed by atoms with Crippen LogP contribution < -0.4 is 15.5 Å². The third-order valence-corrected chi connectivity index (χ3v) is 5.72. The highest BCUT2D eigenvalue weighted by atomic mass is 16.2. The van der Waals surface area contributed by atoms with Gasteiger partial charge in [0.15, 0.2) is 0 Å². The Morgan fingerprint density at radius 1 is 1.07 bits per heavy atom. The number of nitrogens with zero attached hydrogens (tertiary/aromatic N) is 3. The maximum absolute atomic E-state index is 12.8. The van der Waals surface area contributed by atoms with Gasteiger partial charge in [0, 0.05) is 63.6 Å². The van der Waals surface area contributed by atoms with Crippen molar-refractivity contribution >= 4 is 23.4 Å². The van der Waals surface area contributed by atoms with E-state index in [1.807, 2.05) is 12.1 Å². The van der Waals surface area contributed by atoms with Gasteiger partial charge in [0.2, 0.25) is 17.7 Å². The lowest BCUT2D eigenvalue weighted by atomic mass is 9.95. The van der Waals surface area contributed by atoms with Crippen LogP contribution in [-0.4, -0.2) is 66.4 Å². The number of amides is 3. The number of anilines is 1. The Morgan fingerprint density at radius 3 is 2.34 bits per heavy atom. The van der Waals surface area contributed by atoms with E-state index in [4.69, 9.17) is 0 Å². The van der Waals surface area contributed by atoms with Gasteiger partial charge in [-0.3, -0.25) is 19.4 Å².